The second-order valence-corrected chi connectivity index (χ2v) is 3.75. The molecular formula is C11H10BrN3O. The number of nitriles is 1. The molecule has 0 heterocycles. The van der Waals surface area contributed by atoms with Crippen LogP contribution in [0.15, 0.2) is 45.3 Å². The van der Waals surface area contributed by atoms with E-state index in [4.69, 9.17) is 15.7 Å². The van der Waals surface area contributed by atoms with E-state index >= 15 is 0 Å². The smallest absolute Gasteiger partial charge is 0.221 e. The minimum absolute atomic E-state index is 0.0101. The Labute approximate surface area is 102 Å². The summed E-state index contributed by atoms with van der Waals surface area (Å²) < 4.78 is 5.71. The Morgan fingerprint density at radius 2 is 2.12 bits per heavy atom. The van der Waals surface area contributed by atoms with E-state index in [9.17, 15) is 0 Å². The van der Waals surface area contributed by atoms with Crippen LogP contribution in [-0.4, -0.2) is 13.3 Å². The molecule has 16 heavy (non-hydrogen) atoms. The zero-order valence-corrected chi connectivity index (χ0v) is 10.2. The maximum atomic E-state index is 8.76. The summed E-state index contributed by atoms with van der Waals surface area (Å²) in [5.74, 6) is 0.0101. The molecule has 0 amide bonds. The predicted octanol–water partition coefficient (Wildman–Crippen LogP) is 2.17. The summed E-state index contributed by atoms with van der Waals surface area (Å²) in [4.78, 5) is 3.94. The van der Waals surface area contributed by atoms with Crippen molar-refractivity contribution in [1.82, 2.24) is 0 Å². The standard InChI is InChI=1S/C11H10BrN3O/c1-16-11(14)10(6-13)15-7-8-2-4-9(12)5-3-8/h2-5,7H,14H2,1H3/b11-10+,15-7?. The highest BCUT2D eigenvalue weighted by atomic mass is 79.9. The van der Waals surface area contributed by atoms with Crippen molar-refractivity contribution in [3.05, 3.63) is 45.9 Å². The van der Waals surface area contributed by atoms with E-state index in [0.29, 0.717) is 0 Å². The van der Waals surface area contributed by atoms with E-state index in [1.165, 1.54) is 7.11 Å². The van der Waals surface area contributed by atoms with Gasteiger partial charge in [0, 0.05) is 10.7 Å². The van der Waals surface area contributed by atoms with Crippen molar-refractivity contribution in [3.8, 4) is 6.07 Å². The number of hydrogen-bond donors (Lipinski definition) is 1. The van der Waals surface area contributed by atoms with Gasteiger partial charge in [-0.2, -0.15) is 5.26 Å². The highest BCUT2D eigenvalue weighted by Crippen LogP contribution is 2.09. The van der Waals surface area contributed by atoms with E-state index in [2.05, 4.69) is 20.9 Å². The molecule has 0 aromatic heterocycles. The van der Waals surface area contributed by atoms with Crippen molar-refractivity contribution in [2.45, 2.75) is 0 Å². The molecule has 5 heteroatoms. The van der Waals surface area contributed by atoms with Gasteiger partial charge in [-0.15, -0.1) is 0 Å². The Morgan fingerprint density at radius 1 is 1.50 bits per heavy atom. The Balaban J connectivity index is 2.89. The molecule has 0 saturated carbocycles. The topological polar surface area (TPSA) is 71.4 Å². The molecule has 0 unspecified atom stereocenters. The van der Waals surface area contributed by atoms with Gasteiger partial charge in [0.2, 0.25) is 5.88 Å². The van der Waals surface area contributed by atoms with E-state index < -0.39 is 0 Å². The van der Waals surface area contributed by atoms with Crippen LogP contribution in [0.25, 0.3) is 0 Å². The van der Waals surface area contributed by atoms with E-state index in [1.807, 2.05) is 30.3 Å². The zero-order chi connectivity index (χ0) is 12.0. The minimum atomic E-state index is 0.0101. The molecule has 0 fully saturated rings. The number of ether oxygens (including phenoxy) is 1. The van der Waals surface area contributed by atoms with Gasteiger partial charge in [-0.25, -0.2) is 4.99 Å². The SMILES string of the molecule is CO/C(N)=C(\C#N)N=Cc1ccc(Br)cc1. The molecule has 0 aliphatic carbocycles. The third kappa shape index (κ3) is 3.41. The first-order valence-electron chi connectivity index (χ1n) is 4.41. The van der Waals surface area contributed by atoms with Crippen LogP contribution in [0.5, 0.6) is 0 Å². The number of allylic oxidation sites excluding steroid dienone is 1. The van der Waals surface area contributed by atoms with Gasteiger partial charge in [0.1, 0.15) is 6.07 Å². The summed E-state index contributed by atoms with van der Waals surface area (Å²) >= 11 is 3.33. The molecular weight excluding hydrogens is 270 g/mol. The molecule has 4 nitrogen and oxygen atoms in total. The molecule has 0 saturated heterocycles. The fourth-order valence-electron chi connectivity index (χ4n) is 0.932. The van der Waals surface area contributed by atoms with Crippen molar-refractivity contribution < 1.29 is 4.74 Å². The molecule has 0 aliphatic rings. The van der Waals surface area contributed by atoms with Crippen molar-refractivity contribution in [3.63, 3.8) is 0 Å². The summed E-state index contributed by atoms with van der Waals surface area (Å²) in [5.41, 5.74) is 6.37. The lowest BCUT2D eigenvalue weighted by atomic mass is 10.2. The zero-order valence-electron chi connectivity index (χ0n) is 8.64. The monoisotopic (exact) mass is 279 g/mol. The molecule has 82 valence electrons. The number of rotatable bonds is 3. The first kappa shape index (κ1) is 12.3. The average molecular weight is 280 g/mol. The fraction of sp³-hybridized carbons (Fsp3) is 0.0909. The highest BCUT2D eigenvalue weighted by Gasteiger charge is 1.99. The number of nitrogens with two attached hydrogens (primary N) is 1. The van der Waals surface area contributed by atoms with Crippen molar-refractivity contribution >= 4 is 22.1 Å². The lowest BCUT2D eigenvalue weighted by Crippen LogP contribution is -2.02. The number of nitrogens with zero attached hydrogens (tertiary/aromatic N) is 2. The van der Waals surface area contributed by atoms with Crippen LogP contribution < -0.4 is 5.73 Å². The Kier molecular flexibility index (Phi) is 4.55. The van der Waals surface area contributed by atoms with Crippen LogP contribution in [0.1, 0.15) is 5.56 Å². The van der Waals surface area contributed by atoms with Gasteiger partial charge < -0.3 is 10.5 Å². The minimum Gasteiger partial charge on any atom is -0.481 e. The number of halogens is 1. The maximum Gasteiger partial charge on any atom is 0.221 e. The molecule has 2 N–H and O–H groups in total. The molecule has 0 spiro atoms. The highest BCUT2D eigenvalue weighted by molar-refractivity contribution is 9.10. The van der Waals surface area contributed by atoms with Gasteiger partial charge in [-0.05, 0) is 17.7 Å². The second-order valence-electron chi connectivity index (χ2n) is 2.84. The third-order valence-electron chi connectivity index (χ3n) is 1.77. The van der Waals surface area contributed by atoms with Gasteiger partial charge in [0.05, 0.1) is 7.11 Å². The fourth-order valence-corrected chi connectivity index (χ4v) is 1.20. The van der Waals surface area contributed by atoms with Crippen LogP contribution >= 0.6 is 15.9 Å². The van der Waals surface area contributed by atoms with Crippen LogP contribution in [0, 0.1) is 11.3 Å². The van der Waals surface area contributed by atoms with Crippen LogP contribution in [0.4, 0.5) is 0 Å². The van der Waals surface area contributed by atoms with Crippen molar-refractivity contribution in [2.24, 2.45) is 10.7 Å². The maximum absolute atomic E-state index is 8.76. The Hall–Kier alpha value is -1.80. The Bertz CT molecular complexity index is 457. The third-order valence-corrected chi connectivity index (χ3v) is 2.30. The van der Waals surface area contributed by atoms with Crippen molar-refractivity contribution in [1.29, 1.82) is 5.26 Å². The number of hydrogen-bond acceptors (Lipinski definition) is 4. The number of aliphatic imine (C=N–C) groups is 1. The largest absolute Gasteiger partial charge is 0.481 e. The summed E-state index contributed by atoms with van der Waals surface area (Å²) in [6.07, 6.45) is 1.55. The number of benzene rings is 1. The molecule has 0 atom stereocenters. The summed E-state index contributed by atoms with van der Waals surface area (Å²) in [5, 5.41) is 8.76. The van der Waals surface area contributed by atoms with Gasteiger partial charge in [-0.3, -0.25) is 0 Å². The molecule has 1 aromatic rings. The quantitative estimate of drug-likeness (QED) is 0.524. The second kappa shape index (κ2) is 5.93. The lowest BCUT2D eigenvalue weighted by molar-refractivity contribution is 0.284. The lowest BCUT2D eigenvalue weighted by Gasteiger charge is -1.98. The first-order valence-corrected chi connectivity index (χ1v) is 5.20. The molecule has 0 bridgehead atoms. The molecule has 1 aromatic carbocycles. The normalized spacial score (nSPS) is 12.1. The van der Waals surface area contributed by atoms with E-state index in [1.54, 1.807) is 6.21 Å². The molecule has 1 rings (SSSR count). The number of methoxy groups -OCH3 is 1. The first-order chi connectivity index (χ1) is 7.67. The van der Waals surface area contributed by atoms with Crippen LogP contribution in [-0.2, 0) is 4.74 Å². The van der Waals surface area contributed by atoms with Crippen LogP contribution in [0.3, 0.4) is 0 Å². The molecule has 0 radical (unpaired) electrons. The van der Waals surface area contributed by atoms with Gasteiger partial charge in [0.25, 0.3) is 0 Å². The molecule has 0 aliphatic heterocycles. The van der Waals surface area contributed by atoms with Gasteiger partial charge in [0.15, 0.2) is 5.70 Å². The summed E-state index contributed by atoms with van der Waals surface area (Å²) in [6.45, 7) is 0. The van der Waals surface area contributed by atoms with Crippen molar-refractivity contribution in [2.75, 3.05) is 7.11 Å². The van der Waals surface area contributed by atoms with E-state index in [0.717, 1.165) is 10.0 Å². The summed E-state index contributed by atoms with van der Waals surface area (Å²) in [7, 11) is 1.39. The van der Waals surface area contributed by atoms with E-state index in [-0.39, 0.29) is 11.6 Å². The summed E-state index contributed by atoms with van der Waals surface area (Å²) in [6, 6.07) is 9.36. The van der Waals surface area contributed by atoms with Gasteiger partial charge in [-0.1, -0.05) is 28.1 Å². The Morgan fingerprint density at radius 3 is 2.62 bits per heavy atom. The van der Waals surface area contributed by atoms with Crippen LogP contribution in [0.2, 0.25) is 0 Å². The van der Waals surface area contributed by atoms with Gasteiger partial charge >= 0.3 is 0 Å². The average Bonchev–Trinajstić information content (AvgIpc) is 2.31. The predicted molar refractivity (Wildman–Crippen MR) is 65.6 cm³/mol.